The van der Waals surface area contributed by atoms with Gasteiger partial charge in [-0.25, -0.2) is 13.1 Å². The molecule has 1 fully saturated rings. The van der Waals surface area contributed by atoms with Gasteiger partial charge in [0.2, 0.25) is 21.8 Å². The lowest BCUT2D eigenvalue weighted by molar-refractivity contribution is 0.155. The minimum atomic E-state index is -3.52. The number of sulfonamides is 1. The molecule has 9 heteroatoms. The third-order valence-corrected chi connectivity index (χ3v) is 5.90. The van der Waals surface area contributed by atoms with Crippen molar-refractivity contribution in [1.82, 2.24) is 19.8 Å². The van der Waals surface area contributed by atoms with Crippen molar-refractivity contribution in [2.24, 2.45) is 5.92 Å². The lowest BCUT2D eigenvalue weighted by Gasteiger charge is -2.31. The molecule has 0 unspecified atom stereocenters. The van der Waals surface area contributed by atoms with E-state index < -0.39 is 10.0 Å². The van der Waals surface area contributed by atoms with Gasteiger partial charge in [-0.15, -0.1) is 10.2 Å². The van der Waals surface area contributed by atoms with Gasteiger partial charge >= 0.3 is 0 Å². The van der Waals surface area contributed by atoms with E-state index in [-0.39, 0.29) is 10.8 Å². The van der Waals surface area contributed by atoms with Gasteiger partial charge in [-0.3, -0.25) is 4.90 Å². The van der Waals surface area contributed by atoms with Crippen LogP contribution in [0.5, 0.6) is 5.75 Å². The van der Waals surface area contributed by atoms with Gasteiger partial charge in [-0.2, -0.15) is 0 Å². The lowest BCUT2D eigenvalue weighted by atomic mass is 9.98. The molecular formula is C17H24N4O4S. The Hall–Kier alpha value is -1.97. The van der Waals surface area contributed by atoms with Crippen molar-refractivity contribution in [3.63, 3.8) is 0 Å². The highest BCUT2D eigenvalue weighted by Gasteiger charge is 2.23. The summed E-state index contributed by atoms with van der Waals surface area (Å²) in [7, 11) is -1.97. The van der Waals surface area contributed by atoms with Crippen molar-refractivity contribution < 1.29 is 17.6 Å². The molecule has 1 aromatic heterocycles. The van der Waals surface area contributed by atoms with E-state index in [1.807, 2.05) is 0 Å². The number of benzene rings is 1. The number of nitrogens with zero attached hydrogens (tertiary/aromatic N) is 3. The zero-order valence-corrected chi connectivity index (χ0v) is 15.8. The average molecular weight is 380 g/mol. The van der Waals surface area contributed by atoms with Crippen molar-refractivity contribution in [3.8, 4) is 5.75 Å². The molecule has 2 aromatic rings. The molecule has 0 bridgehead atoms. The summed E-state index contributed by atoms with van der Waals surface area (Å²) in [5.41, 5.74) is 0. The molecule has 3 rings (SSSR count). The van der Waals surface area contributed by atoms with Crippen LogP contribution in [-0.4, -0.2) is 50.3 Å². The number of nitrogens with one attached hydrogen (secondary N) is 1. The number of likely N-dealkylation sites (tertiary alicyclic amines) is 1. The molecule has 1 aromatic carbocycles. The van der Waals surface area contributed by atoms with Crippen molar-refractivity contribution in [2.75, 3.05) is 26.7 Å². The topological polar surface area (TPSA) is 97.6 Å². The van der Waals surface area contributed by atoms with Crippen molar-refractivity contribution >= 4 is 10.0 Å². The van der Waals surface area contributed by atoms with E-state index >= 15 is 0 Å². The van der Waals surface area contributed by atoms with Gasteiger partial charge in [0.05, 0.1) is 18.6 Å². The number of rotatable bonds is 7. The third kappa shape index (κ3) is 4.80. The van der Waals surface area contributed by atoms with E-state index in [9.17, 15) is 8.42 Å². The number of methoxy groups -OCH3 is 1. The molecule has 1 saturated heterocycles. The van der Waals surface area contributed by atoms with Crippen molar-refractivity contribution in [3.05, 3.63) is 36.0 Å². The standard InChI is InChI=1S/C17H24N4O4S/c1-13-19-20-17(25-13)12-21-9-3-4-14(11-21)10-18-26(22,23)16-7-5-15(24-2)6-8-16/h5-8,14,18H,3-4,9-12H2,1-2H3/t14-/m0/s1. The highest BCUT2D eigenvalue weighted by molar-refractivity contribution is 7.89. The molecule has 0 saturated carbocycles. The Morgan fingerprint density at radius 1 is 1.31 bits per heavy atom. The summed E-state index contributed by atoms with van der Waals surface area (Å²) in [6.07, 6.45) is 2.01. The second-order valence-corrected chi connectivity index (χ2v) is 8.25. The quantitative estimate of drug-likeness (QED) is 0.779. The zero-order valence-electron chi connectivity index (χ0n) is 15.0. The summed E-state index contributed by atoms with van der Waals surface area (Å²) in [6, 6.07) is 6.38. The highest BCUT2D eigenvalue weighted by atomic mass is 32.2. The van der Waals surface area contributed by atoms with Crippen LogP contribution in [0.4, 0.5) is 0 Å². The Balaban J connectivity index is 1.54. The van der Waals surface area contributed by atoms with Gasteiger partial charge in [0.25, 0.3) is 0 Å². The zero-order chi connectivity index (χ0) is 18.6. The Morgan fingerprint density at radius 2 is 2.08 bits per heavy atom. The smallest absolute Gasteiger partial charge is 0.240 e. The number of piperidine rings is 1. The Kier molecular flexibility index (Phi) is 5.90. The first-order valence-corrected chi connectivity index (χ1v) is 10.1. The molecule has 1 N–H and O–H groups in total. The molecule has 8 nitrogen and oxygen atoms in total. The second-order valence-electron chi connectivity index (χ2n) is 6.49. The molecule has 0 radical (unpaired) electrons. The molecule has 1 aliphatic rings. The van der Waals surface area contributed by atoms with Gasteiger partial charge in [0.1, 0.15) is 5.75 Å². The molecule has 2 heterocycles. The SMILES string of the molecule is COc1ccc(S(=O)(=O)NC[C@@H]2CCCN(Cc3nnc(C)o3)C2)cc1. The lowest BCUT2D eigenvalue weighted by Crippen LogP contribution is -2.40. The van der Waals surface area contributed by atoms with E-state index in [1.54, 1.807) is 38.3 Å². The summed E-state index contributed by atoms with van der Waals surface area (Å²) >= 11 is 0. The van der Waals surface area contributed by atoms with Crippen LogP contribution in [0.1, 0.15) is 24.6 Å². The van der Waals surface area contributed by atoms with Gasteiger partial charge in [-0.05, 0) is 49.6 Å². The molecule has 1 aliphatic heterocycles. The fourth-order valence-corrected chi connectivity index (χ4v) is 4.24. The van der Waals surface area contributed by atoms with Gasteiger partial charge in [-0.1, -0.05) is 0 Å². The van der Waals surface area contributed by atoms with Gasteiger partial charge in [0.15, 0.2) is 0 Å². The van der Waals surface area contributed by atoms with Crippen LogP contribution in [0, 0.1) is 12.8 Å². The van der Waals surface area contributed by atoms with Crippen molar-refractivity contribution in [2.45, 2.75) is 31.2 Å². The van der Waals surface area contributed by atoms with Crippen LogP contribution in [0.15, 0.2) is 33.6 Å². The number of aromatic nitrogens is 2. The van der Waals surface area contributed by atoms with E-state index in [0.29, 0.717) is 30.6 Å². The monoisotopic (exact) mass is 380 g/mol. The summed E-state index contributed by atoms with van der Waals surface area (Å²) in [5.74, 6) is 2.03. The minimum Gasteiger partial charge on any atom is -0.497 e. The maximum atomic E-state index is 12.5. The van der Waals surface area contributed by atoms with Crippen LogP contribution >= 0.6 is 0 Å². The third-order valence-electron chi connectivity index (χ3n) is 4.46. The first-order chi connectivity index (χ1) is 12.5. The fraction of sp³-hybridized carbons (Fsp3) is 0.529. The van der Waals surface area contributed by atoms with E-state index in [0.717, 1.165) is 25.9 Å². The largest absolute Gasteiger partial charge is 0.497 e. The Bertz CT molecular complexity index is 820. The molecular weight excluding hydrogens is 356 g/mol. The van der Waals surface area contributed by atoms with Crippen LogP contribution in [0.25, 0.3) is 0 Å². The maximum absolute atomic E-state index is 12.5. The number of ether oxygens (including phenoxy) is 1. The highest BCUT2D eigenvalue weighted by Crippen LogP contribution is 2.19. The van der Waals surface area contributed by atoms with E-state index in [2.05, 4.69) is 19.8 Å². The maximum Gasteiger partial charge on any atom is 0.240 e. The summed E-state index contributed by atoms with van der Waals surface area (Å²) < 4.78 is 38.1. The van der Waals surface area contributed by atoms with E-state index in [4.69, 9.17) is 9.15 Å². The van der Waals surface area contributed by atoms with Crippen LogP contribution in [0.2, 0.25) is 0 Å². The first kappa shape index (κ1) is 18.8. The average Bonchev–Trinajstić information content (AvgIpc) is 3.05. The van der Waals surface area contributed by atoms with Gasteiger partial charge in [0, 0.05) is 20.0 Å². The fourth-order valence-electron chi connectivity index (χ4n) is 3.12. The molecule has 0 spiro atoms. The minimum absolute atomic E-state index is 0.243. The predicted molar refractivity (Wildman–Crippen MR) is 95.2 cm³/mol. The summed E-state index contributed by atoms with van der Waals surface area (Å²) in [5, 5.41) is 7.87. The molecule has 26 heavy (non-hydrogen) atoms. The number of hydrogen-bond acceptors (Lipinski definition) is 7. The summed E-state index contributed by atoms with van der Waals surface area (Å²) in [6.45, 7) is 4.52. The molecule has 1 atom stereocenters. The van der Waals surface area contributed by atoms with Crippen molar-refractivity contribution in [1.29, 1.82) is 0 Å². The Morgan fingerprint density at radius 3 is 2.73 bits per heavy atom. The van der Waals surface area contributed by atoms with E-state index in [1.165, 1.54) is 0 Å². The van der Waals surface area contributed by atoms with Crippen LogP contribution in [0.3, 0.4) is 0 Å². The van der Waals surface area contributed by atoms with Crippen LogP contribution < -0.4 is 9.46 Å². The normalized spacial score (nSPS) is 18.8. The summed E-state index contributed by atoms with van der Waals surface area (Å²) in [4.78, 5) is 2.47. The van der Waals surface area contributed by atoms with Gasteiger partial charge < -0.3 is 9.15 Å². The van der Waals surface area contributed by atoms with Crippen LogP contribution in [-0.2, 0) is 16.6 Å². The molecule has 0 amide bonds. The predicted octanol–water partition coefficient (Wildman–Crippen LogP) is 1.58. The first-order valence-electron chi connectivity index (χ1n) is 8.61. The Labute approximate surface area is 153 Å². The molecule has 142 valence electrons. The number of aryl methyl sites for hydroxylation is 1. The number of hydrogen-bond donors (Lipinski definition) is 1. The second kappa shape index (κ2) is 8.15. The molecule has 0 aliphatic carbocycles.